The van der Waals surface area contributed by atoms with Crippen LogP contribution in [0.2, 0.25) is 0 Å². The fraction of sp³-hybridized carbons (Fsp3) is 0.419. The first-order valence-electron chi connectivity index (χ1n) is 14.4. The summed E-state index contributed by atoms with van der Waals surface area (Å²) in [4.78, 5) is 32.9. The van der Waals surface area contributed by atoms with E-state index in [-0.39, 0.29) is 17.3 Å². The van der Waals surface area contributed by atoms with Crippen LogP contribution in [0, 0.1) is 6.92 Å². The van der Waals surface area contributed by atoms with Gasteiger partial charge >= 0.3 is 11.8 Å². The first-order chi connectivity index (χ1) is 20.1. The Morgan fingerprint density at radius 3 is 2.67 bits per heavy atom. The van der Waals surface area contributed by atoms with E-state index in [1.165, 1.54) is 0 Å². The summed E-state index contributed by atoms with van der Waals surface area (Å²) in [5, 5.41) is 13.7. The lowest BCUT2D eigenvalue weighted by Crippen LogP contribution is -2.51. The average molecular weight is 570 g/mol. The smallest absolute Gasteiger partial charge is 0.315 e. The van der Waals surface area contributed by atoms with Crippen molar-refractivity contribution in [3.63, 3.8) is 0 Å². The molecule has 0 radical (unpaired) electrons. The third kappa shape index (κ3) is 6.57. The second-order valence-corrected chi connectivity index (χ2v) is 11.7. The van der Waals surface area contributed by atoms with E-state index in [0.29, 0.717) is 17.7 Å². The van der Waals surface area contributed by atoms with Crippen molar-refractivity contribution in [1.29, 1.82) is 0 Å². The maximum atomic E-state index is 12.7. The number of aromatic nitrogens is 5. The lowest BCUT2D eigenvalue weighted by molar-refractivity contribution is 0.0895. The maximum Gasteiger partial charge on any atom is 0.315 e. The Morgan fingerprint density at radius 1 is 1.14 bits per heavy atom. The van der Waals surface area contributed by atoms with Crippen LogP contribution in [-0.4, -0.2) is 56.7 Å². The van der Waals surface area contributed by atoms with Gasteiger partial charge in [-0.25, -0.2) is 15.0 Å². The van der Waals surface area contributed by atoms with Crippen LogP contribution in [0.4, 0.5) is 17.3 Å². The highest BCUT2D eigenvalue weighted by Crippen LogP contribution is 2.27. The number of nitrogens with zero attached hydrogens (tertiary/aromatic N) is 6. The molecular formula is C31H39N9O2. The van der Waals surface area contributed by atoms with Crippen LogP contribution in [0.25, 0.3) is 11.3 Å². The van der Waals surface area contributed by atoms with Crippen LogP contribution < -0.4 is 20.9 Å². The lowest BCUT2D eigenvalue weighted by Gasteiger charge is -2.37. The zero-order chi connectivity index (χ0) is 29.9. The van der Waals surface area contributed by atoms with Crippen molar-refractivity contribution in [2.45, 2.75) is 65.5 Å². The first-order valence-corrected chi connectivity index (χ1v) is 14.4. The molecule has 0 saturated carbocycles. The standard InChI is InChI=1S/C31H39N9O2/c1-7-22-16-32-12-13-40(22)23-9-11-26(33-17-23)37-27-15-25(34-18-35-27)21-8-10-24(19(2)14-21)20(3)36-28(41)29-38-30(39-42-29)31(4,5)6/h8-11,14-15,17-18,20,22,32H,7,12-13,16H2,1-6H3,(H,36,41)(H,33,34,35,37)/t20-,22-/m1/s1. The zero-order valence-corrected chi connectivity index (χ0v) is 25.1. The van der Waals surface area contributed by atoms with Crippen LogP contribution in [0.15, 0.2) is 53.4 Å². The van der Waals surface area contributed by atoms with Crippen molar-refractivity contribution < 1.29 is 9.32 Å². The van der Waals surface area contributed by atoms with Crippen LogP contribution in [0.5, 0.6) is 0 Å². The summed E-state index contributed by atoms with van der Waals surface area (Å²) in [6, 6.07) is 12.3. The molecule has 42 heavy (non-hydrogen) atoms. The molecule has 4 aromatic rings. The van der Waals surface area contributed by atoms with Gasteiger partial charge in [-0.2, -0.15) is 4.98 Å². The highest BCUT2D eigenvalue weighted by molar-refractivity contribution is 5.89. The highest BCUT2D eigenvalue weighted by atomic mass is 16.5. The Balaban J connectivity index is 1.25. The second-order valence-electron chi connectivity index (χ2n) is 11.7. The van der Waals surface area contributed by atoms with E-state index in [2.05, 4.69) is 65.0 Å². The Bertz CT molecular complexity index is 1530. The molecule has 1 amide bonds. The van der Waals surface area contributed by atoms with E-state index in [0.717, 1.165) is 59.9 Å². The molecule has 1 fully saturated rings. The van der Waals surface area contributed by atoms with Crippen LogP contribution >= 0.6 is 0 Å². The van der Waals surface area contributed by atoms with Crippen molar-refractivity contribution in [1.82, 2.24) is 35.7 Å². The highest BCUT2D eigenvalue weighted by Gasteiger charge is 2.25. The molecule has 1 saturated heterocycles. The minimum atomic E-state index is -0.403. The topological polar surface area (TPSA) is 134 Å². The van der Waals surface area contributed by atoms with E-state index in [4.69, 9.17) is 4.52 Å². The molecule has 220 valence electrons. The van der Waals surface area contributed by atoms with E-state index in [1.807, 2.05) is 65.1 Å². The van der Waals surface area contributed by atoms with Crippen molar-refractivity contribution in [2.75, 3.05) is 29.9 Å². The molecule has 3 N–H and O–H groups in total. The van der Waals surface area contributed by atoms with Gasteiger partial charge in [-0.3, -0.25) is 4.79 Å². The van der Waals surface area contributed by atoms with E-state index >= 15 is 0 Å². The number of rotatable bonds is 8. The van der Waals surface area contributed by atoms with Gasteiger partial charge in [-0.15, -0.1) is 0 Å². The quantitative estimate of drug-likeness (QED) is 0.268. The van der Waals surface area contributed by atoms with Crippen LogP contribution in [0.1, 0.15) is 74.7 Å². The summed E-state index contributed by atoms with van der Waals surface area (Å²) in [5.41, 5.74) is 4.55. The fourth-order valence-electron chi connectivity index (χ4n) is 5.09. The van der Waals surface area contributed by atoms with Gasteiger partial charge in [0, 0.05) is 42.7 Å². The minimum Gasteiger partial charge on any atom is -0.365 e. The van der Waals surface area contributed by atoms with Gasteiger partial charge in [-0.1, -0.05) is 45.0 Å². The number of amides is 1. The summed E-state index contributed by atoms with van der Waals surface area (Å²) >= 11 is 0. The number of piperazine rings is 1. The summed E-state index contributed by atoms with van der Waals surface area (Å²) in [6.07, 6.45) is 4.55. The molecule has 1 aromatic carbocycles. The monoisotopic (exact) mass is 569 g/mol. The normalized spacial score (nSPS) is 16.2. The molecule has 11 nitrogen and oxygen atoms in total. The predicted octanol–water partition coefficient (Wildman–Crippen LogP) is 4.95. The van der Waals surface area contributed by atoms with Crippen molar-refractivity contribution in [2.24, 2.45) is 0 Å². The van der Waals surface area contributed by atoms with Gasteiger partial charge in [0.05, 0.1) is 23.6 Å². The van der Waals surface area contributed by atoms with E-state index in [1.54, 1.807) is 6.33 Å². The number of hydrogen-bond acceptors (Lipinski definition) is 10. The minimum absolute atomic E-state index is 0.0415. The Labute approximate surface area is 246 Å². The van der Waals surface area contributed by atoms with Crippen molar-refractivity contribution in [3.8, 4) is 11.3 Å². The molecule has 0 unspecified atom stereocenters. The number of carbonyl (C=O) groups is 1. The third-order valence-corrected chi connectivity index (χ3v) is 7.49. The molecule has 0 spiro atoms. The molecule has 3 aromatic heterocycles. The molecular weight excluding hydrogens is 530 g/mol. The number of aryl methyl sites for hydroxylation is 1. The number of benzene rings is 1. The van der Waals surface area contributed by atoms with Crippen LogP contribution in [-0.2, 0) is 5.41 Å². The number of pyridine rings is 1. The SMILES string of the molecule is CC[C@@H]1CNCCN1c1ccc(Nc2cc(-c3ccc([C@@H](C)NC(=O)c4nc(C(C)(C)C)no4)c(C)c3)ncn2)nc1. The first kappa shape index (κ1) is 29.1. The number of anilines is 3. The maximum absolute atomic E-state index is 12.7. The van der Waals surface area contributed by atoms with Crippen molar-refractivity contribution >= 4 is 23.2 Å². The van der Waals surface area contributed by atoms with E-state index in [9.17, 15) is 4.79 Å². The second kappa shape index (κ2) is 12.2. The molecule has 4 heterocycles. The van der Waals surface area contributed by atoms with Gasteiger partial charge in [-0.05, 0) is 49.6 Å². The number of carbonyl (C=O) groups excluding carboxylic acids is 1. The number of nitrogens with one attached hydrogen (secondary N) is 3. The van der Waals surface area contributed by atoms with Gasteiger partial charge in [0.15, 0.2) is 5.82 Å². The Morgan fingerprint density at radius 2 is 1.98 bits per heavy atom. The van der Waals surface area contributed by atoms with Crippen molar-refractivity contribution in [3.05, 3.63) is 71.8 Å². The van der Waals surface area contributed by atoms with Gasteiger partial charge in [0.2, 0.25) is 0 Å². The Kier molecular flexibility index (Phi) is 8.49. The number of hydrogen-bond donors (Lipinski definition) is 3. The molecule has 0 bridgehead atoms. The Hall–Kier alpha value is -4.38. The zero-order valence-electron chi connectivity index (χ0n) is 25.1. The van der Waals surface area contributed by atoms with Crippen LogP contribution in [0.3, 0.4) is 0 Å². The molecule has 11 heteroatoms. The average Bonchev–Trinajstić information content (AvgIpc) is 3.49. The summed E-state index contributed by atoms with van der Waals surface area (Å²) in [5.74, 6) is 1.43. The molecule has 2 atom stereocenters. The molecule has 1 aliphatic heterocycles. The largest absolute Gasteiger partial charge is 0.365 e. The van der Waals surface area contributed by atoms with Gasteiger partial charge in [0.1, 0.15) is 18.0 Å². The molecule has 5 rings (SSSR count). The van der Waals surface area contributed by atoms with Gasteiger partial charge < -0.3 is 25.4 Å². The van der Waals surface area contributed by atoms with E-state index < -0.39 is 5.91 Å². The third-order valence-electron chi connectivity index (χ3n) is 7.49. The summed E-state index contributed by atoms with van der Waals surface area (Å²) in [7, 11) is 0. The van der Waals surface area contributed by atoms with Gasteiger partial charge in [0.25, 0.3) is 0 Å². The predicted molar refractivity (Wildman–Crippen MR) is 163 cm³/mol. The summed E-state index contributed by atoms with van der Waals surface area (Å²) < 4.78 is 5.19. The fourth-order valence-corrected chi connectivity index (χ4v) is 5.09. The lowest BCUT2D eigenvalue weighted by atomic mass is 9.96. The molecule has 1 aliphatic rings. The summed E-state index contributed by atoms with van der Waals surface area (Å²) in [6.45, 7) is 15.0. The molecule has 0 aliphatic carbocycles.